The van der Waals surface area contributed by atoms with E-state index in [0.717, 1.165) is 5.56 Å². The number of hydrogen-bond acceptors (Lipinski definition) is 5. The maximum Gasteiger partial charge on any atom is 0.259 e. The van der Waals surface area contributed by atoms with Crippen LogP contribution >= 0.6 is 0 Å². The second-order valence-corrected chi connectivity index (χ2v) is 5.44. The van der Waals surface area contributed by atoms with E-state index >= 15 is 0 Å². The molecule has 6 heteroatoms. The van der Waals surface area contributed by atoms with Crippen molar-refractivity contribution in [2.24, 2.45) is 0 Å². The van der Waals surface area contributed by atoms with Crippen molar-refractivity contribution >= 4 is 10.9 Å². The van der Waals surface area contributed by atoms with Crippen molar-refractivity contribution in [2.75, 3.05) is 19.8 Å². The number of nitrogens with zero attached hydrogens (tertiary/aromatic N) is 1. The van der Waals surface area contributed by atoms with Crippen LogP contribution in [0.15, 0.2) is 53.3 Å². The van der Waals surface area contributed by atoms with Crippen LogP contribution in [-0.2, 0) is 9.47 Å². The molecular formula is C18H16N2O4. The van der Waals surface area contributed by atoms with Gasteiger partial charge in [-0.25, -0.2) is 4.98 Å². The Balaban J connectivity index is 1.55. The van der Waals surface area contributed by atoms with Gasteiger partial charge in [0.1, 0.15) is 18.2 Å². The van der Waals surface area contributed by atoms with Gasteiger partial charge in [0.25, 0.3) is 5.56 Å². The van der Waals surface area contributed by atoms with E-state index in [4.69, 9.17) is 14.2 Å². The van der Waals surface area contributed by atoms with Crippen molar-refractivity contribution in [3.8, 4) is 17.1 Å². The predicted molar refractivity (Wildman–Crippen MR) is 89.0 cm³/mol. The molecule has 2 aromatic carbocycles. The molecule has 1 aliphatic rings. The molecular weight excluding hydrogens is 308 g/mol. The molecule has 0 saturated carbocycles. The highest BCUT2D eigenvalue weighted by Crippen LogP contribution is 2.20. The molecule has 1 fully saturated rings. The minimum atomic E-state index is -0.303. The molecule has 0 atom stereocenters. The number of para-hydroxylation sites is 1. The van der Waals surface area contributed by atoms with Gasteiger partial charge < -0.3 is 19.2 Å². The first kappa shape index (κ1) is 14.9. The van der Waals surface area contributed by atoms with Gasteiger partial charge >= 0.3 is 0 Å². The smallest absolute Gasteiger partial charge is 0.259 e. The summed E-state index contributed by atoms with van der Waals surface area (Å²) in [6, 6.07) is 14.7. The van der Waals surface area contributed by atoms with Crippen molar-refractivity contribution < 1.29 is 14.2 Å². The first-order chi connectivity index (χ1) is 11.8. The molecule has 2 heterocycles. The van der Waals surface area contributed by atoms with Gasteiger partial charge in [-0.1, -0.05) is 12.1 Å². The van der Waals surface area contributed by atoms with Crippen LogP contribution in [0.2, 0.25) is 0 Å². The van der Waals surface area contributed by atoms with Gasteiger partial charge in [-0.2, -0.15) is 0 Å². The van der Waals surface area contributed by atoms with E-state index in [-0.39, 0.29) is 11.8 Å². The predicted octanol–water partition coefficient (Wildman–Crippen LogP) is 2.34. The van der Waals surface area contributed by atoms with E-state index in [9.17, 15) is 4.79 Å². The number of H-pyrrole nitrogens is 1. The molecule has 24 heavy (non-hydrogen) atoms. The average Bonchev–Trinajstić information content (AvgIpc) is 3.14. The fourth-order valence-electron chi connectivity index (χ4n) is 2.60. The normalized spacial score (nSPS) is 15.0. The van der Waals surface area contributed by atoms with Gasteiger partial charge in [0.05, 0.1) is 24.1 Å². The van der Waals surface area contributed by atoms with Gasteiger partial charge in [0.15, 0.2) is 6.29 Å². The number of aromatic amines is 1. The molecule has 0 radical (unpaired) electrons. The van der Waals surface area contributed by atoms with Crippen LogP contribution in [0.4, 0.5) is 0 Å². The molecule has 0 amide bonds. The zero-order valence-corrected chi connectivity index (χ0v) is 12.9. The van der Waals surface area contributed by atoms with E-state index in [1.54, 1.807) is 6.07 Å². The lowest BCUT2D eigenvalue weighted by Gasteiger charge is -2.11. The number of rotatable bonds is 4. The third-order valence-electron chi connectivity index (χ3n) is 3.82. The van der Waals surface area contributed by atoms with Crippen molar-refractivity contribution in [1.82, 2.24) is 9.97 Å². The Morgan fingerprint density at radius 3 is 2.62 bits per heavy atom. The van der Waals surface area contributed by atoms with E-state index in [2.05, 4.69) is 9.97 Å². The van der Waals surface area contributed by atoms with Crippen LogP contribution in [0.3, 0.4) is 0 Å². The summed E-state index contributed by atoms with van der Waals surface area (Å²) in [5, 5.41) is 0.581. The first-order valence-corrected chi connectivity index (χ1v) is 7.75. The summed E-state index contributed by atoms with van der Waals surface area (Å²) in [7, 11) is 0. The molecule has 1 saturated heterocycles. The lowest BCUT2D eigenvalue weighted by molar-refractivity contribution is -0.0684. The summed E-state index contributed by atoms with van der Waals surface area (Å²) >= 11 is 0. The van der Waals surface area contributed by atoms with Crippen LogP contribution < -0.4 is 10.3 Å². The standard InChI is InChI=1S/C18H16N2O4/c21-18-14-3-1-2-4-15(14)19-17(20-18)12-5-7-13(8-6-12)24-11-16-22-9-10-23-16/h1-8,16H,9-11H2,(H,19,20,21). The maximum atomic E-state index is 12.1. The van der Waals surface area contributed by atoms with Gasteiger partial charge in [-0.15, -0.1) is 0 Å². The van der Waals surface area contributed by atoms with Crippen molar-refractivity contribution in [1.29, 1.82) is 0 Å². The van der Waals surface area contributed by atoms with E-state index in [1.807, 2.05) is 42.5 Å². The zero-order valence-electron chi connectivity index (χ0n) is 12.9. The van der Waals surface area contributed by atoms with Gasteiger partial charge in [0, 0.05) is 5.56 Å². The average molecular weight is 324 g/mol. The van der Waals surface area contributed by atoms with Crippen molar-refractivity contribution in [2.45, 2.75) is 6.29 Å². The minimum absolute atomic E-state index is 0.147. The molecule has 0 unspecified atom stereocenters. The maximum absolute atomic E-state index is 12.1. The monoisotopic (exact) mass is 324 g/mol. The summed E-state index contributed by atoms with van der Waals surface area (Å²) in [4.78, 5) is 19.5. The highest BCUT2D eigenvalue weighted by molar-refractivity contribution is 5.79. The molecule has 0 spiro atoms. The van der Waals surface area contributed by atoms with Gasteiger partial charge in [-0.05, 0) is 36.4 Å². The Labute approximate surface area is 138 Å². The van der Waals surface area contributed by atoms with Gasteiger partial charge in [-0.3, -0.25) is 4.79 Å². The molecule has 4 rings (SSSR count). The lowest BCUT2D eigenvalue weighted by Crippen LogP contribution is -2.18. The number of aromatic nitrogens is 2. The zero-order chi connectivity index (χ0) is 16.4. The molecule has 0 bridgehead atoms. The molecule has 0 aliphatic carbocycles. The number of fused-ring (bicyclic) bond motifs is 1. The van der Waals surface area contributed by atoms with Crippen LogP contribution in [-0.4, -0.2) is 36.1 Å². The molecule has 122 valence electrons. The molecule has 1 aromatic heterocycles. The number of ether oxygens (including phenoxy) is 3. The number of nitrogens with one attached hydrogen (secondary N) is 1. The van der Waals surface area contributed by atoms with Gasteiger partial charge in [0.2, 0.25) is 0 Å². The lowest BCUT2D eigenvalue weighted by atomic mass is 10.2. The topological polar surface area (TPSA) is 73.4 Å². The van der Waals surface area contributed by atoms with Crippen LogP contribution in [0.5, 0.6) is 5.75 Å². The van der Waals surface area contributed by atoms with E-state index in [0.29, 0.717) is 42.3 Å². The molecule has 3 aromatic rings. The Bertz CT molecular complexity index is 899. The second kappa shape index (κ2) is 6.43. The minimum Gasteiger partial charge on any atom is -0.488 e. The summed E-state index contributed by atoms with van der Waals surface area (Å²) in [6.07, 6.45) is -0.303. The van der Waals surface area contributed by atoms with Crippen molar-refractivity contribution in [3.63, 3.8) is 0 Å². The fourth-order valence-corrected chi connectivity index (χ4v) is 2.60. The van der Waals surface area contributed by atoms with E-state index in [1.165, 1.54) is 0 Å². The van der Waals surface area contributed by atoms with Crippen LogP contribution in [0.1, 0.15) is 0 Å². The Morgan fingerprint density at radius 1 is 1.08 bits per heavy atom. The first-order valence-electron chi connectivity index (χ1n) is 7.75. The summed E-state index contributed by atoms with van der Waals surface area (Å²) in [5.74, 6) is 1.24. The fraction of sp³-hybridized carbons (Fsp3) is 0.222. The molecule has 1 N–H and O–H groups in total. The van der Waals surface area contributed by atoms with Crippen LogP contribution in [0, 0.1) is 0 Å². The Morgan fingerprint density at radius 2 is 1.83 bits per heavy atom. The largest absolute Gasteiger partial charge is 0.488 e. The Hall–Kier alpha value is -2.70. The second-order valence-electron chi connectivity index (χ2n) is 5.44. The quantitative estimate of drug-likeness (QED) is 0.797. The SMILES string of the molecule is O=c1[nH]c(-c2ccc(OCC3OCCO3)cc2)nc2ccccc12. The van der Waals surface area contributed by atoms with Crippen molar-refractivity contribution in [3.05, 3.63) is 58.9 Å². The van der Waals surface area contributed by atoms with Crippen LogP contribution in [0.25, 0.3) is 22.3 Å². The summed E-state index contributed by atoms with van der Waals surface area (Å²) in [6.45, 7) is 1.56. The highest BCUT2D eigenvalue weighted by atomic mass is 16.7. The third kappa shape index (κ3) is 3.02. The molecule has 1 aliphatic heterocycles. The third-order valence-corrected chi connectivity index (χ3v) is 3.82. The van der Waals surface area contributed by atoms with E-state index < -0.39 is 0 Å². The number of benzene rings is 2. The molecule has 6 nitrogen and oxygen atoms in total. The highest BCUT2D eigenvalue weighted by Gasteiger charge is 2.16. The summed E-state index contributed by atoms with van der Waals surface area (Å²) in [5.41, 5.74) is 1.34. The number of hydrogen-bond donors (Lipinski definition) is 1. The Kier molecular flexibility index (Phi) is 3.98. The summed E-state index contributed by atoms with van der Waals surface area (Å²) < 4.78 is 16.3.